The van der Waals surface area contributed by atoms with Crippen molar-refractivity contribution in [3.8, 4) is 0 Å². The van der Waals surface area contributed by atoms with Gasteiger partial charge >= 0.3 is 0 Å². The molecule has 0 aliphatic carbocycles. The second kappa shape index (κ2) is 11.2. The summed E-state index contributed by atoms with van der Waals surface area (Å²) in [5.74, 6) is 0. The van der Waals surface area contributed by atoms with E-state index in [1.807, 2.05) is 12.1 Å². The molecule has 4 heterocycles. The van der Waals surface area contributed by atoms with Crippen molar-refractivity contribution in [3.63, 3.8) is 0 Å². The normalized spacial score (nSPS) is 13.3. The van der Waals surface area contributed by atoms with Crippen LogP contribution in [0.4, 0.5) is 0 Å². The predicted molar refractivity (Wildman–Crippen MR) is 278 cm³/mol. The maximum atomic E-state index is 15.2. The second-order valence-electron chi connectivity index (χ2n) is 18.0. The zero-order valence-electron chi connectivity index (χ0n) is 33.7. The van der Waals surface area contributed by atoms with Gasteiger partial charge in [-0.3, -0.25) is 18.4 Å². The molecule has 0 aliphatic rings. The molecule has 0 fully saturated rings. The molecule has 4 aromatic heterocycles. The SMILES string of the molecule is O=c1c2cc(Cl)c3c4c(Cl)cc5c6c(cc(Cl)c(c7c(Cl)cc(c2c37)c2nc3cc7ccc8cccc9ccc(c7c89)c3n12)c46)c(=O)n1c5nc2cc3ccc4cccc5ccc(c3c45)c21. The fraction of sp³-hybridized carbons (Fsp3) is 0. The Labute approximate surface area is 387 Å². The first-order chi connectivity index (χ1) is 32.2. The summed E-state index contributed by atoms with van der Waals surface area (Å²) in [6, 6.07) is 40.9. The van der Waals surface area contributed by atoms with Gasteiger partial charge in [0.2, 0.25) is 0 Å². The van der Waals surface area contributed by atoms with Gasteiger partial charge in [-0.15, -0.1) is 0 Å². The minimum Gasteiger partial charge on any atom is -0.268 e. The van der Waals surface area contributed by atoms with Gasteiger partial charge in [0, 0.05) is 84.7 Å². The topological polar surface area (TPSA) is 68.7 Å². The second-order valence-corrected chi connectivity index (χ2v) is 19.6. The molecular weight excluding hydrogens is 902 g/mol. The quantitative estimate of drug-likeness (QED) is 0.112. The summed E-state index contributed by atoms with van der Waals surface area (Å²) in [5, 5.41) is 21.7. The predicted octanol–water partition coefficient (Wildman–Crippen LogP) is 15.6. The Morgan fingerprint density at radius 1 is 0.318 bits per heavy atom. The molecule has 13 aromatic carbocycles. The first kappa shape index (κ1) is 35.0. The Morgan fingerprint density at radius 3 is 1.06 bits per heavy atom. The summed E-state index contributed by atoms with van der Waals surface area (Å²) in [5.41, 5.74) is 3.32. The van der Waals surface area contributed by atoms with E-state index in [1.54, 1.807) is 20.9 Å². The molecule has 0 bridgehead atoms. The van der Waals surface area contributed by atoms with Crippen LogP contribution in [0.1, 0.15) is 0 Å². The molecule has 0 aliphatic heterocycles. The Hall–Kier alpha value is -7.32. The van der Waals surface area contributed by atoms with Crippen LogP contribution in [0.15, 0.2) is 131 Å². The molecule has 0 saturated carbocycles. The molecule has 0 saturated heterocycles. The van der Waals surface area contributed by atoms with Crippen LogP contribution in [0.3, 0.4) is 0 Å². The standard InChI is InChI=1S/C56H20Cl4N4O2/c57-33-17-29-43-31(55(65)63-51-27-13-11-23-5-1-3-21-7-9-25(41(27)39(21)23)15-37(51)61-53(29)63)19-35(59)47-46-34(58)18-30-44-32(20-36(60)48(50(44)46)45(33)49(43)47)56(66)64-52-28-14-12-24-6-2-4-22-8-10-26(42(28)40(22)24)16-38(52)62-54(30)64/h1-20H. The lowest BCUT2D eigenvalue weighted by atomic mass is 9.86. The largest absolute Gasteiger partial charge is 0.268 e. The summed E-state index contributed by atoms with van der Waals surface area (Å²) >= 11 is 30.1. The molecule has 17 aromatic rings. The minimum absolute atomic E-state index is 0.250. The highest BCUT2D eigenvalue weighted by molar-refractivity contribution is 6.56. The highest BCUT2D eigenvalue weighted by atomic mass is 35.5. The monoisotopic (exact) mass is 920 g/mol. The fourth-order valence-electron chi connectivity index (χ4n) is 12.5. The minimum atomic E-state index is -0.250. The average molecular weight is 923 g/mol. The Morgan fingerprint density at radius 2 is 0.667 bits per heavy atom. The Bertz CT molecular complexity index is 4950. The maximum absolute atomic E-state index is 15.2. The number of rotatable bonds is 0. The van der Waals surface area contributed by atoms with Crippen molar-refractivity contribution >= 4 is 209 Å². The van der Waals surface area contributed by atoms with Gasteiger partial charge in [0.25, 0.3) is 11.1 Å². The van der Waals surface area contributed by atoms with E-state index in [0.717, 1.165) is 75.7 Å². The number of fused-ring (bicyclic) bond motifs is 12. The zero-order valence-corrected chi connectivity index (χ0v) is 36.7. The highest BCUT2D eigenvalue weighted by Gasteiger charge is 2.30. The molecule has 0 spiro atoms. The molecule has 10 heteroatoms. The van der Waals surface area contributed by atoms with Crippen molar-refractivity contribution < 1.29 is 0 Å². The van der Waals surface area contributed by atoms with E-state index < -0.39 is 0 Å². The van der Waals surface area contributed by atoms with Crippen molar-refractivity contribution in [1.82, 2.24) is 18.8 Å². The summed E-state index contributed by atoms with van der Waals surface area (Å²) < 4.78 is 3.45. The van der Waals surface area contributed by atoms with E-state index in [9.17, 15) is 0 Å². The van der Waals surface area contributed by atoms with Crippen molar-refractivity contribution in [3.05, 3.63) is 162 Å². The summed E-state index contributed by atoms with van der Waals surface area (Å²) in [7, 11) is 0. The van der Waals surface area contributed by atoms with Gasteiger partial charge in [0.15, 0.2) is 0 Å². The number of halogens is 4. The molecule has 0 unspecified atom stereocenters. The fourth-order valence-corrected chi connectivity index (χ4v) is 13.7. The summed E-state index contributed by atoms with van der Waals surface area (Å²) in [4.78, 5) is 40.9. The van der Waals surface area contributed by atoms with E-state index in [1.165, 1.54) is 0 Å². The first-order valence-corrected chi connectivity index (χ1v) is 23.0. The molecule has 0 atom stereocenters. The van der Waals surface area contributed by atoms with Gasteiger partial charge in [-0.1, -0.05) is 131 Å². The van der Waals surface area contributed by atoms with Crippen LogP contribution >= 0.6 is 46.4 Å². The van der Waals surface area contributed by atoms with Gasteiger partial charge in [-0.2, -0.15) is 0 Å². The van der Waals surface area contributed by atoms with E-state index >= 15 is 9.59 Å². The number of benzene rings is 13. The van der Waals surface area contributed by atoms with Crippen LogP contribution in [0.25, 0.3) is 163 Å². The molecule has 6 nitrogen and oxygen atoms in total. The number of aromatic nitrogens is 4. The van der Waals surface area contributed by atoms with E-state index in [-0.39, 0.29) is 11.1 Å². The van der Waals surface area contributed by atoms with E-state index in [0.29, 0.717) is 107 Å². The first-order valence-electron chi connectivity index (χ1n) is 21.5. The van der Waals surface area contributed by atoms with E-state index in [4.69, 9.17) is 56.4 Å². The third kappa shape index (κ3) is 3.74. The highest BCUT2D eigenvalue weighted by Crippen LogP contribution is 2.54. The molecule has 0 N–H and O–H groups in total. The number of nitrogens with zero attached hydrogens (tertiary/aromatic N) is 4. The van der Waals surface area contributed by atoms with Crippen molar-refractivity contribution in [2.75, 3.05) is 0 Å². The Kier molecular flexibility index (Phi) is 5.94. The van der Waals surface area contributed by atoms with Crippen molar-refractivity contribution in [1.29, 1.82) is 0 Å². The molecule has 0 radical (unpaired) electrons. The van der Waals surface area contributed by atoms with Crippen LogP contribution in [0.2, 0.25) is 20.1 Å². The van der Waals surface area contributed by atoms with Crippen molar-refractivity contribution in [2.45, 2.75) is 0 Å². The molecule has 66 heavy (non-hydrogen) atoms. The lowest BCUT2D eigenvalue weighted by Gasteiger charge is -2.21. The summed E-state index contributed by atoms with van der Waals surface area (Å²) in [6.45, 7) is 0. The number of imidazole rings is 2. The van der Waals surface area contributed by atoms with Crippen molar-refractivity contribution in [2.24, 2.45) is 0 Å². The van der Waals surface area contributed by atoms with E-state index in [2.05, 4.69) is 97.1 Å². The van der Waals surface area contributed by atoms with Gasteiger partial charge in [0.1, 0.15) is 11.3 Å². The Balaban J connectivity index is 1.05. The number of pyridine rings is 2. The van der Waals surface area contributed by atoms with Crippen LogP contribution in [-0.4, -0.2) is 18.8 Å². The number of hydrogen-bond acceptors (Lipinski definition) is 4. The molecule has 304 valence electrons. The van der Waals surface area contributed by atoms with Gasteiger partial charge in [-0.05, 0) is 90.3 Å². The third-order valence-electron chi connectivity index (χ3n) is 15.0. The van der Waals surface area contributed by atoms with Crippen LogP contribution in [-0.2, 0) is 0 Å². The average Bonchev–Trinajstić information content (AvgIpc) is 3.91. The van der Waals surface area contributed by atoms with Crippen LogP contribution in [0.5, 0.6) is 0 Å². The van der Waals surface area contributed by atoms with Crippen LogP contribution < -0.4 is 11.1 Å². The van der Waals surface area contributed by atoms with Crippen LogP contribution in [0, 0.1) is 0 Å². The molecule has 17 rings (SSSR count). The molecule has 0 amide bonds. The van der Waals surface area contributed by atoms with Gasteiger partial charge in [-0.25, -0.2) is 9.97 Å². The third-order valence-corrected chi connectivity index (χ3v) is 16.2. The number of hydrogen-bond donors (Lipinski definition) is 0. The summed E-state index contributed by atoms with van der Waals surface area (Å²) in [6.07, 6.45) is 0. The lowest BCUT2D eigenvalue weighted by molar-refractivity contribution is 1.19. The van der Waals surface area contributed by atoms with Gasteiger partial charge in [0.05, 0.1) is 32.8 Å². The smallest absolute Gasteiger partial charge is 0.264 e. The molecular formula is C56H20Cl4N4O2. The van der Waals surface area contributed by atoms with Gasteiger partial charge < -0.3 is 0 Å². The zero-order chi connectivity index (χ0) is 43.5. The maximum Gasteiger partial charge on any atom is 0.264 e. The lowest BCUT2D eigenvalue weighted by Crippen LogP contribution is -2.14.